The fraction of sp³-hybridized carbons (Fsp3) is 0.654. The lowest BCUT2D eigenvalue weighted by atomic mass is 9.78. The molecule has 0 saturated carbocycles. The molecule has 2 amide bonds. The van der Waals surface area contributed by atoms with Gasteiger partial charge in [-0.1, -0.05) is 0 Å². The van der Waals surface area contributed by atoms with Gasteiger partial charge in [0, 0.05) is 31.5 Å². The minimum absolute atomic E-state index is 0.00116. The SMILES string of the molecule is CC(C)(C)OC(=O)CC1CN(C(=O)OC(C)(C)C)CCC12CN(c1ccc3c(c1)OCCO3)C(=O)O2. The summed E-state index contributed by atoms with van der Waals surface area (Å²) in [6.07, 6.45) is -0.600. The molecule has 1 aromatic rings. The fourth-order valence-electron chi connectivity index (χ4n) is 4.71. The van der Waals surface area contributed by atoms with E-state index in [1.54, 1.807) is 69.5 Å². The van der Waals surface area contributed by atoms with Crippen LogP contribution < -0.4 is 14.4 Å². The standard InChI is InChI=1S/C26H36N2O8/c1-24(2,3)34-21(29)13-17-15-27(22(30)35-25(4,5)6)10-9-26(17)16-28(23(31)36-26)18-7-8-19-20(14-18)33-12-11-32-19/h7-8,14,17H,9-13,15-16H2,1-6H3. The molecule has 0 bridgehead atoms. The summed E-state index contributed by atoms with van der Waals surface area (Å²) in [6, 6.07) is 5.31. The van der Waals surface area contributed by atoms with E-state index in [9.17, 15) is 14.4 Å². The zero-order chi connectivity index (χ0) is 26.3. The van der Waals surface area contributed by atoms with Crippen molar-refractivity contribution in [3.8, 4) is 11.5 Å². The van der Waals surface area contributed by atoms with Crippen LogP contribution >= 0.6 is 0 Å². The maximum atomic E-state index is 13.1. The minimum Gasteiger partial charge on any atom is -0.486 e. The van der Waals surface area contributed by atoms with Crippen LogP contribution in [0.5, 0.6) is 11.5 Å². The molecule has 3 aliphatic heterocycles. The molecule has 3 heterocycles. The van der Waals surface area contributed by atoms with E-state index in [1.807, 2.05) is 0 Å². The van der Waals surface area contributed by atoms with Crippen molar-refractivity contribution in [1.29, 1.82) is 0 Å². The van der Waals surface area contributed by atoms with Gasteiger partial charge in [0.1, 0.15) is 30.0 Å². The summed E-state index contributed by atoms with van der Waals surface area (Å²) in [5.74, 6) is 0.310. The van der Waals surface area contributed by atoms with Gasteiger partial charge in [-0.15, -0.1) is 0 Å². The smallest absolute Gasteiger partial charge is 0.415 e. The lowest BCUT2D eigenvalue weighted by Crippen LogP contribution is -2.56. The van der Waals surface area contributed by atoms with E-state index in [-0.39, 0.29) is 19.5 Å². The first-order chi connectivity index (χ1) is 16.7. The number of amides is 2. The van der Waals surface area contributed by atoms with Crippen LogP contribution in [0.2, 0.25) is 0 Å². The average molecular weight is 505 g/mol. The third kappa shape index (κ3) is 5.79. The van der Waals surface area contributed by atoms with Gasteiger partial charge < -0.3 is 28.6 Å². The van der Waals surface area contributed by atoms with Crippen molar-refractivity contribution in [1.82, 2.24) is 4.90 Å². The molecule has 3 aliphatic rings. The number of hydrogen-bond acceptors (Lipinski definition) is 8. The Kier molecular flexibility index (Phi) is 6.74. The molecule has 0 N–H and O–H groups in total. The zero-order valence-electron chi connectivity index (χ0n) is 21.9. The molecule has 198 valence electrons. The Morgan fingerprint density at radius 3 is 2.36 bits per heavy atom. The number of likely N-dealkylation sites (tertiary alicyclic amines) is 1. The Morgan fingerprint density at radius 1 is 1.03 bits per heavy atom. The van der Waals surface area contributed by atoms with E-state index >= 15 is 0 Å². The van der Waals surface area contributed by atoms with Crippen molar-refractivity contribution in [2.24, 2.45) is 5.92 Å². The highest BCUT2D eigenvalue weighted by Gasteiger charge is 2.55. The number of ether oxygens (including phenoxy) is 5. The van der Waals surface area contributed by atoms with E-state index in [1.165, 1.54) is 0 Å². The average Bonchev–Trinajstić information content (AvgIpc) is 3.09. The van der Waals surface area contributed by atoms with Crippen molar-refractivity contribution < 1.29 is 38.1 Å². The van der Waals surface area contributed by atoms with Crippen LogP contribution in [0.3, 0.4) is 0 Å². The Morgan fingerprint density at radius 2 is 1.69 bits per heavy atom. The van der Waals surface area contributed by atoms with Crippen molar-refractivity contribution in [2.75, 3.05) is 37.7 Å². The number of fused-ring (bicyclic) bond motifs is 1. The number of benzene rings is 1. The first-order valence-corrected chi connectivity index (χ1v) is 12.3. The molecule has 4 rings (SSSR count). The normalized spacial score (nSPS) is 23.9. The van der Waals surface area contributed by atoms with Crippen LogP contribution in [0, 0.1) is 5.92 Å². The highest BCUT2D eigenvalue weighted by atomic mass is 16.6. The molecule has 10 nitrogen and oxygen atoms in total. The predicted molar refractivity (Wildman–Crippen MR) is 130 cm³/mol. The third-order valence-electron chi connectivity index (χ3n) is 6.25. The number of rotatable bonds is 3. The molecule has 0 radical (unpaired) electrons. The molecule has 0 aliphatic carbocycles. The van der Waals surface area contributed by atoms with Crippen molar-refractivity contribution in [3.05, 3.63) is 18.2 Å². The van der Waals surface area contributed by atoms with E-state index in [0.29, 0.717) is 43.4 Å². The molecular weight excluding hydrogens is 468 g/mol. The summed E-state index contributed by atoms with van der Waals surface area (Å²) >= 11 is 0. The van der Waals surface area contributed by atoms with Gasteiger partial charge in [0.05, 0.1) is 18.7 Å². The van der Waals surface area contributed by atoms with Gasteiger partial charge in [0.2, 0.25) is 0 Å². The van der Waals surface area contributed by atoms with Crippen molar-refractivity contribution in [3.63, 3.8) is 0 Å². The number of esters is 1. The molecule has 10 heteroatoms. The zero-order valence-corrected chi connectivity index (χ0v) is 21.9. The second-order valence-corrected chi connectivity index (χ2v) is 11.5. The highest BCUT2D eigenvalue weighted by Crippen LogP contribution is 2.43. The van der Waals surface area contributed by atoms with Gasteiger partial charge in [0.15, 0.2) is 11.5 Å². The van der Waals surface area contributed by atoms with E-state index in [2.05, 4.69) is 0 Å². The molecule has 1 aromatic carbocycles. The summed E-state index contributed by atoms with van der Waals surface area (Å²) in [6.45, 7) is 12.5. The number of carbonyl (C=O) groups is 3. The first kappa shape index (κ1) is 25.9. The maximum Gasteiger partial charge on any atom is 0.415 e. The summed E-state index contributed by atoms with van der Waals surface area (Å²) < 4.78 is 28.4. The first-order valence-electron chi connectivity index (χ1n) is 12.3. The van der Waals surface area contributed by atoms with Crippen LogP contribution in [0.15, 0.2) is 18.2 Å². The largest absolute Gasteiger partial charge is 0.486 e. The number of anilines is 1. The van der Waals surface area contributed by atoms with Gasteiger partial charge in [-0.3, -0.25) is 9.69 Å². The Balaban J connectivity index is 1.57. The van der Waals surface area contributed by atoms with Crippen molar-refractivity contribution >= 4 is 23.8 Å². The summed E-state index contributed by atoms with van der Waals surface area (Å²) in [4.78, 5) is 41.8. The molecular formula is C26H36N2O8. The fourth-order valence-corrected chi connectivity index (χ4v) is 4.71. The molecule has 0 aromatic heterocycles. The Bertz CT molecular complexity index is 1030. The van der Waals surface area contributed by atoms with Gasteiger partial charge in [-0.2, -0.15) is 0 Å². The summed E-state index contributed by atoms with van der Waals surface area (Å²) in [5, 5.41) is 0. The molecule has 36 heavy (non-hydrogen) atoms. The van der Waals surface area contributed by atoms with E-state index < -0.39 is 40.9 Å². The maximum absolute atomic E-state index is 13.1. The number of hydrogen-bond donors (Lipinski definition) is 0. The van der Waals surface area contributed by atoms with Crippen LogP contribution in [0.1, 0.15) is 54.4 Å². The quantitative estimate of drug-likeness (QED) is 0.447. The molecule has 1 spiro atoms. The van der Waals surface area contributed by atoms with Crippen LogP contribution in [-0.2, 0) is 19.0 Å². The highest BCUT2D eigenvalue weighted by molar-refractivity contribution is 5.91. The number of carbonyl (C=O) groups excluding carboxylic acids is 3. The summed E-state index contributed by atoms with van der Waals surface area (Å²) in [5.41, 5.74) is -1.65. The lowest BCUT2D eigenvalue weighted by molar-refractivity contribution is -0.159. The molecule has 2 saturated heterocycles. The van der Waals surface area contributed by atoms with Gasteiger partial charge in [0.25, 0.3) is 0 Å². The molecule has 2 atom stereocenters. The minimum atomic E-state index is -0.959. The number of piperidine rings is 1. The van der Waals surface area contributed by atoms with Crippen LogP contribution in [-0.4, -0.2) is 72.7 Å². The van der Waals surface area contributed by atoms with E-state index in [4.69, 9.17) is 23.7 Å². The monoisotopic (exact) mass is 504 g/mol. The Labute approximate surface area is 211 Å². The second-order valence-electron chi connectivity index (χ2n) is 11.5. The Hall–Kier alpha value is -3.17. The molecule has 2 fully saturated rings. The topological polar surface area (TPSA) is 104 Å². The van der Waals surface area contributed by atoms with E-state index in [0.717, 1.165) is 0 Å². The molecule has 2 unspecified atom stereocenters. The third-order valence-corrected chi connectivity index (χ3v) is 6.25. The van der Waals surface area contributed by atoms with Crippen LogP contribution in [0.4, 0.5) is 15.3 Å². The number of nitrogens with zero attached hydrogens (tertiary/aromatic N) is 2. The van der Waals surface area contributed by atoms with Gasteiger partial charge in [-0.25, -0.2) is 9.59 Å². The van der Waals surface area contributed by atoms with Gasteiger partial charge >= 0.3 is 18.2 Å². The lowest BCUT2D eigenvalue weighted by Gasteiger charge is -2.43. The second kappa shape index (κ2) is 9.37. The predicted octanol–water partition coefficient (Wildman–Crippen LogP) is 4.14. The van der Waals surface area contributed by atoms with Gasteiger partial charge in [-0.05, 0) is 53.7 Å². The summed E-state index contributed by atoms with van der Waals surface area (Å²) in [7, 11) is 0. The van der Waals surface area contributed by atoms with Crippen LogP contribution in [0.25, 0.3) is 0 Å². The van der Waals surface area contributed by atoms with Crippen molar-refractivity contribution in [2.45, 2.75) is 71.2 Å².